The van der Waals surface area contributed by atoms with Crippen LogP contribution in [-0.4, -0.2) is 40.3 Å². The molecule has 27 heavy (non-hydrogen) atoms. The van der Waals surface area contributed by atoms with Crippen LogP contribution in [0.2, 0.25) is 0 Å². The van der Waals surface area contributed by atoms with Gasteiger partial charge in [0.1, 0.15) is 11.6 Å². The maximum atomic E-state index is 13.0. The number of amides is 2. The van der Waals surface area contributed by atoms with Crippen molar-refractivity contribution in [2.75, 3.05) is 7.05 Å². The average molecular weight is 367 g/mol. The number of carbonyl (C=O) groups is 2. The second-order valence-electron chi connectivity index (χ2n) is 7.01. The normalized spacial score (nSPS) is 22.4. The van der Waals surface area contributed by atoms with Crippen molar-refractivity contribution in [1.82, 2.24) is 10.2 Å². The van der Waals surface area contributed by atoms with E-state index in [1.165, 1.54) is 11.0 Å². The van der Waals surface area contributed by atoms with Gasteiger partial charge in [0.05, 0.1) is 4.92 Å². The zero-order valence-corrected chi connectivity index (χ0v) is 15.2. The largest absolute Gasteiger partial charge is 0.340 e. The number of nitro benzene ring substituents is 1. The van der Waals surface area contributed by atoms with Crippen LogP contribution in [0.5, 0.6) is 0 Å². The quantitative estimate of drug-likeness (QED) is 0.647. The summed E-state index contributed by atoms with van der Waals surface area (Å²) >= 11 is 0. The molecule has 7 heteroatoms. The Labute approximate surface area is 157 Å². The third-order valence-electron chi connectivity index (χ3n) is 4.96. The molecule has 1 aliphatic rings. The number of carbonyl (C=O) groups excluding carboxylic acids is 2. The molecule has 0 aromatic heterocycles. The van der Waals surface area contributed by atoms with Gasteiger partial charge in [0.2, 0.25) is 11.8 Å². The first-order valence-electron chi connectivity index (χ1n) is 8.67. The van der Waals surface area contributed by atoms with E-state index in [-0.39, 0.29) is 23.9 Å². The van der Waals surface area contributed by atoms with Gasteiger partial charge in [-0.1, -0.05) is 48.5 Å². The first-order chi connectivity index (χ1) is 12.8. The van der Waals surface area contributed by atoms with Gasteiger partial charge in [-0.2, -0.15) is 0 Å². The highest BCUT2D eigenvalue weighted by Gasteiger charge is 2.46. The minimum atomic E-state index is -1.05. The molecule has 1 aliphatic heterocycles. The number of piperazine rings is 1. The van der Waals surface area contributed by atoms with E-state index in [0.717, 1.165) is 5.56 Å². The van der Waals surface area contributed by atoms with E-state index in [1.54, 1.807) is 32.2 Å². The highest BCUT2D eigenvalue weighted by atomic mass is 16.6. The van der Waals surface area contributed by atoms with Crippen LogP contribution < -0.4 is 5.32 Å². The fraction of sp³-hybridized carbons (Fsp3) is 0.300. The molecule has 140 valence electrons. The third kappa shape index (κ3) is 3.67. The molecule has 1 heterocycles. The number of nitrogens with one attached hydrogen (secondary N) is 1. The van der Waals surface area contributed by atoms with Crippen LogP contribution in [0.25, 0.3) is 0 Å². The molecule has 3 rings (SSSR count). The zero-order chi connectivity index (χ0) is 19.6. The number of hydrogen-bond donors (Lipinski definition) is 1. The predicted octanol–water partition coefficient (Wildman–Crippen LogP) is 2.10. The van der Waals surface area contributed by atoms with Gasteiger partial charge < -0.3 is 10.2 Å². The molecular formula is C20H21N3O4. The summed E-state index contributed by atoms with van der Waals surface area (Å²) in [5.74, 6) is -0.525. The van der Waals surface area contributed by atoms with E-state index in [4.69, 9.17) is 0 Å². The molecule has 0 bridgehead atoms. The SMILES string of the molecule is CN1C(=O)[C@](C)(Cc2ccccc2)NC(=O)C1Cc1ccccc1[N+](=O)[O-]. The number of para-hydroxylation sites is 1. The van der Waals surface area contributed by atoms with Crippen LogP contribution in [0.3, 0.4) is 0 Å². The molecule has 2 atom stereocenters. The van der Waals surface area contributed by atoms with E-state index in [9.17, 15) is 19.7 Å². The molecule has 1 unspecified atom stereocenters. The van der Waals surface area contributed by atoms with Gasteiger partial charge in [-0.3, -0.25) is 19.7 Å². The van der Waals surface area contributed by atoms with Crippen LogP contribution in [0.4, 0.5) is 5.69 Å². The van der Waals surface area contributed by atoms with Gasteiger partial charge in [0.15, 0.2) is 0 Å². The Morgan fingerprint density at radius 3 is 2.41 bits per heavy atom. The molecule has 0 aliphatic carbocycles. The first kappa shape index (κ1) is 18.6. The van der Waals surface area contributed by atoms with Crippen LogP contribution in [0.1, 0.15) is 18.1 Å². The summed E-state index contributed by atoms with van der Waals surface area (Å²) in [6, 6.07) is 15.0. The maximum absolute atomic E-state index is 13.0. The summed E-state index contributed by atoms with van der Waals surface area (Å²) in [6.45, 7) is 1.71. The Morgan fingerprint density at radius 1 is 1.11 bits per heavy atom. The van der Waals surface area contributed by atoms with Crippen molar-refractivity contribution in [2.45, 2.75) is 31.3 Å². The molecule has 2 aromatic carbocycles. The van der Waals surface area contributed by atoms with Gasteiger partial charge in [-0.05, 0) is 12.5 Å². The van der Waals surface area contributed by atoms with Gasteiger partial charge in [0.25, 0.3) is 5.69 Å². The summed E-state index contributed by atoms with van der Waals surface area (Å²) in [6.07, 6.45) is 0.466. The van der Waals surface area contributed by atoms with Gasteiger partial charge >= 0.3 is 0 Å². The lowest BCUT2D eigenvalue weighted by Crippen LogP contribution is -2.69. The minimum Gasteiger partial charge on any atom is -0.340 e. The van der Waals surface area contributed by atoms with Crippen LogP contribution in [-0.2, 0) is 22.4 Å². The average Bonchev–Trinajstić information content (AvgIpc) is 2.64. The minimum absolute atomic E-state index is 0.0521. The van der Waals surface area contributed by atoms with E-state index in [1.807, 2.05) is 30.3 Å². The Morgan fingerprint density at radius 2 is 1.74 bits per heavy atom. The van der Waals surface area contributed by atoms with E-state index < -0.39 is 16.5 Å². The molecule has 1 N–H and O–H groups in total. The Hall–Kier alpha value is -3.22. The fourth-order valence-electron chi connectivity index (χ4n) is 3.54. The van der Waals surface area contributed by atoms with Crippen molar-refractivity contribution in [3.05, 3.63) is 75.8 Å². The first-order valence-corrected chi connectivity index (χ1v) is 8.67. The van der Waals surface area contributed by atoms with E-state index in [2.05, 4.69) is 5.32 Å². The predicted molar refractivity (Wildman–Crippen MR) is 100 cm³/mol. The molecule has 0 radical (unpaired) electrons. The van der Waals surface area contributed by atoms with Crippen molar-refractivity contribution in [2.24, 2.45) is 0 Å². The summed E-state index contributed by atoms with van der Waals surface area (Å²) in [5, 5.41) is 14.1. The van der Waals surface area contributed by atoms with Crippen LogP contribution in [0.15, 0.2) is 54.6 Å². The molecule has 1 saturated heterocycles. The summed E-state index contributed by atoms with van der Waals surface area (Å²) in [5.41, 5.74) is 0.267. The number of hydrogen-bond acceptors (Lipinski definition) is 4. The number of rotatable bonds is 5. The second-order valence-corrected chi connectivity index (χ2v) is 7.01. The van der Waals surface area contributed by atoms with Crippen molar-refractivity contribution >= 4 is 17.5 Å². The summed E-state index contributed by atoms with van der Waals surface area (Å²) < 4.78 is 0. The highest BCUT2D eigenvalue weighted by Crippen LogP contribution is 2.26. The lowest BCUT2D eigenvalue weighted by atomic mass is 9.87. The molecule has 1 fully saturated rings. The second kappa shape index (κ2) is 7.19. The van der Waals surface area contributed by atoms with Crippen LogP contribution in [0, 0.1) is 10.1 Å². The van der Waals surface area contributed by atoms with Gasteiger partial charge in [0, 0.05) is 31.5 Å². The third-order valence-corrected chi connectivity index (χ3v) is 4.96. The summed E-state index contributed by atoms with van der Waals surface area (Å²) in [7, 11) is 1.57. The Kier molecular flexibility index (Phi) is 4.94. The number of nitrogens with zero attached hydrogens (tertiary/aromatic N) is 2. The Balaban J connectivity index is 1.83. The lowest BCUT2D eigenvalue weighted by Gasteiger charge is -2.43. The summed E-state index contributed by atoms with van der Waals surface area (Å²) in [4.78, 5) is 37.9. The van der Waals surface area contributed by atoms with Crippen LogP contribution >= 0.6 is 0 Å². The monoisotopic (exact) mass is 367 g/mol. The maximum Gasteiger partial charge on any atom is 0.272 e. The van der Waals surface area contributed by atoms with Crippen molar-refractivity contribution in [1.29, 1.82) is 0 Å². The van der Waals surface area contributed by atoms with Crippen molar-refractivity contribution < 1.29 is 14.5 Å². The topological polar surface area (TPSA) is 92.6 Å². The molecule has 0 saturated carbocycles. The molecule has 0 spiro atoms. The number of likely N-dealkylation sites (N-methyl/N-ethyl adjacent to an activating group) is 1. The molecular weight excluding hydrogens is 346 g/mol. The lowest BCUT2D eigenvalue weighted by molar-refractivity contribution is -0.385. The Bertz CT molecular complexity index is 884. The molecule has 7 nitrogen and oxygen atoms in total. The fourth-order valence-corrected chi connectivity index (χ4v) is 3.54. The zero-order valence-electron chi connectivity index (χ0n) is 15.2. The van der Waals surface area contributed by atoms with E-state index >= 15 is 0 Å². The van der Waals surface area contributed by atoms with E-state index in [0.29, 0.717) is 12.0 Å². The number of nitro groups is 1. The number of benzene rings is 2. The van der Waals surface area contributed by atoms with Crippen molar-refractivity contribution in [3.63, 3.8) is 0 Å². The van der Waals surface area contributed by atoms with Crippen molar-refractivity contribution in [3.8, 4) is 0 Å². The smallest absolute Gasteiger partial charge is 0.272 e. The molecule has 2 amide bonds. The highest BCUT2D eigenvalue weighted by molar-refractivity contribution is 5.99. The molecule has 2 aromatic rings. The van der Waals surface area contributed by atoms with Gasteiger partial charge in [-0.25, -0.2) is 0 Å². The van der Waals surface area contributed by atoms with Gasteiger partial charge in [-0.15, -0.1) is 0 Å². The standard InChI is InChI=1S/C20H21N3O4/c1-20(13-14-8-4-3-5-9-14)19(25)22(2)17(18(24)21-20)12-15-10-6-7-11-16(15)23(26)27/h3-11,17H,12-13H2,1-2H3,(H,21,24)/t17?,20-/m0/s1.